The number of amides is 1. The summed E-state index contributed by atoms with van der Waals surface area (Å²) in [5, 5.41) is 3.22. The van der Waals surface area contributed by atoms with E-state index in [4.69, 9.17) is 4.74 Å². The number of benzene rings is 2. The lowest BCUT2D eigenvalue weighted by Gasteiger charge is -2.33. The molecule has 5 nitrogen and oxygen atoms in total. The van der Waals surface area contributed by atoms with E-state index in [-0.39, 0.29) is 41.0 Å². The van der Waals surface area contributed by atoms with Crippen molar-refractivity contribution < 1.29 is 27.5 Å². The summed E-state index contributed by atoms with van der Waals surface area (Å²) >= 11 is 0. The second-order valence-electron chi connectivity index (χ2n) is 7.62. The quantitative estimate of drug-likeness (QED) is 0.757. The van der Waals surface area contributed by atoms with Gasteiger partial charge < -0.3 is 15.0 Å². The number of hydrogen-bond acceptors (Lipinski definition) is 4. The molecule has 0 radical (unpaired) electrons. The Labute approximate surface area is 171 Å². The molecule has 1 N–H and O–H groups in total. The van der Waals surface area contributed by atoms with E-state index in [0.29, 0.717) is 42.6 Å². The highest BCUT2D eigenvalue weighted by Gasteiger charge is 2.38. The van der Waals surface area contributed by atoms with E-state index in [9.17, 15) is 22.8 Å². The van der Waals surface area contributed by atoms with Crippen LogP contribution in [0.3, 0.4) is 0 Å². The van der Waals surface area contributed by atoms with Crippen LogP contribution in [0.15, 0.2) is 24.3 Å². The Morgan fingerprint density at radius 1 is 1.23 bits per heavy atom. The van der Waals surface area contributed by atoms with Crippen LogP contribution >= 0.6 is 0 Å². The van der Waals surface area contributed by atoms with E-state index in [2.05, 4.69) is 5.32 Å². The standard InChI is InChI=1S/C22H21F3N2O3/c1-12-8-16-20(30-11-15-9-26-6-7-27(15)21(16)29)13(2)18(12)19-14(10-28)4-3-5-17(19)22(23,24)25/h3-5,8,10,15,26H,6-7,9,11H2,1-2H3/t15-/m1/s1. The van der Waals surface area contributed by atoms with Gasteiger partial charge in [0.2, 0.25) is 0 Å². The Bertz CT molecular complexity index is 1030. The molecule has 0 spiro atoms. The molecule has 8 heteroatoms. The zero-order valence-corrected chi connectivity index (χ0v) is 16.6. The van der Waals surface area contributed by atoms with Gasteiger partial charge in [0.15, 0.2) is 6.29 Å². The fourth-order valence-corrected chi connectivity index (χ4v) is 4.39. The number of halogens is 3. The molecule has 30 heavy (non-hydrogen) atoms. The van der Waals surface area contributed by atoms with Crippen molar-refractivity contribution in [2.75, 3.05) is 26.2 Å². The van der Waals surface area contributed by atoms with Crippen molar-refractivity contribution in [3.8, 4) is 16.9 Å². The number of rotatable bonds is 2. The maximum Gasteiger partial charge on any atom is 0.417 e. The van der Waals surface area contributed by atoms with Gasteiger partial charge >= 0.3 is 6.18 Å². The topological polar surface area (TPSA) is 58.6 Å². The molecular weight excluding hydrogens is 397 g/mol. The minimum atomic E-state index is -4.64. The van der Waals surface area contributed by atoms with Gasteiger partial charge in [0, 0.05) is 30.8 Å². The molecule has 2 aliphatic heterocycles. The average Bonchev–Trinajstić information content (AvgIpc) is 2.85. The number of hydrogen-bond donors (Lipinski definition) is 1. The highest BCUT2D eigenvalue weighted by Crippen LogP contribution is 2.44. The van der Waals surface area contributed by atoms with E-state index in [1.165, 1.54) is 12.1 Å². The van der Waals surface area contributed by atoms with E-state index >= 15 is 0 Å². The maximum absolute atomic E-state index is 13.8. The summed E-state index contributed by atoms with van der Waals surface area (Å²) in [6.45, 7) is 5.34. The zero-order valence-electron chi connectivity index (χ0n) is 16.6. The smallest absolute Gasteiger partial charge is 0.417 e. The number of nitrogens with zero attached hydrogens (tertiary/aromatic N) is 1. The molecule has 4 rings (SSSR count). The van der Waals surface area contributed by atoms with E-state index in [0.717, 1.165) is 6.07 Å². The van der Waals surface area contributed by atoms with Crippen molar-refractivity contribution in [3.63, 3.8) is 0 Å². The van der Waals surface area contributed by atoms with Crippen LogP contribution in [0.4, 0.5) is 13.2 Å². The molecule has 1 atom stereocenters. The molecule has 0 bridgehead atoms. The highest BCUT2D eigenvalue weighted by atomic mass is 19.4. The first-order chi connectivity index (χ1) is 14.2. The molecule has 0 saturated carbocycles. The number of aldehydes is 1. The molecule has 2 aliphatic rings. The van der Waals surface area contributed by atoms with Gasteiger partial charge in [-0.2, -0.15) is 13.2 Å². The average molecular weight is 418 g/mol. The van der Waals surface area contributed by atoms with Crippen molar-refractivity contribution in [2.45, 2.75) is 26.1 Å². The van der Waals surface area contributed by atoms with Crippen LogP contribution in [-0.4, -0.2) is 49.4 Å². The molecule has 2 heterocycles. The van der Waals surface area contributed by atoms with Gasteiger partial charge in [-0.1, -0.05) is 12.1 Å². The zero-order chi connectivity index (χ0) is 21.6. The lowest BCUT2D eigenvalue weighted by atomic mass is 9.86. The Kier molecular flexibility index (Phi) is 5.05. The number of carbonyl (C=O) groups excluding carboxylic acids is 2. The monoisotopic (exact) mass is 418 g/mol. The number of alkyl halides is 3. The fourth-order valence-electron chi connectivity index (χ4n) is 4.39. The van der Waals surface area contributed by atoms with Crippen LogP contribution in [-0.2, 0) is 6.18 Å². The SMILES string of the molecule is Cc1cc2c(c(C)c1-c1c(C=O)cccc1C(F)(F)F)OC[C@H]1CNCCN1C2=O. The Morgan fingerprint density at radius 2 is 2.00 bits per heavy atom. The summed E-state index contributed by atoms with van der Waals surface area (Å²) in [5.41, 5.74) is 0.391. The minimum Gasteiger partial charge on any atom is -0.490 e. The number of aryl methyl sites for hydroxylation is 1. The molecule has 2 aromatic rings. The molecule has 0 aromatic heterocycles. The third-order valence-electron chi connectivity index (χ3n) is 5.76. The molecule has 0 aliphatic carbocycles. The van der Waals surface area contributed by atoms with Gasteiger partial charge in [-0.25, -0.2) is 0 Å². The largest absolute Gasteiger partial charge is 0.490 e. The minimum absolute atomic E-state index is 0.0578. The Hall–Kier alpha value is -2.87. The first-order valence-corrected chi connectivity index (χ1v) is 9.68. The normalized spacial score (nSPS) is 18.9. The third-order valence-corrected chi connectivity index (χ3v) is 5.76. The van der Waals surface area contributed by atoms with E-state index < -0.39 is 11.7 Å². The van der Waals surface area contributed by atoms with Crippen molar-refractivity contribution in [3.05, 3.63) is 52.1 Å². The molecule has 1 amide bonds. The van der Waals surface area contributed by atoms with Crippen LogP contribution in [0.25, 0.3) is 11.1 Å². The van der Waals surface area contributed by atoms with E-state index in [1.54, 1.807) is 24.8 Å². The van der Waals surface area contributed by atoms with Gasteiger partial charge in [-0.05, 0) is 42.7 Å². The summed E-state index contributed by atoms with van der Waals surface area (Å²) < 4.78 is 47.3. The maximum atomic E-state index is 13.8. The van der Waals surface area contributed by atoms with Crippen molar-refractivity contribution in [1.82, 2.24) is 10.2 Å². The van der Waals surface area contributed by atoms with Gasteiger partial charge in [-0.15, -0.1) is 0 Å². The number of piperazine rings is 1. The molecule has 1 fully saturated rings. The summed E-state index contributed by atoms with van der Waals surface area (Å²) in [6.07, 6.45) is -4.21. The van der Waals surface area contributed by atoms with Gasteiger partial charge in [0.05, 0.1) is 17.2 Å². The predicted octanol–water partition coefficient (Wildman–Crippen LogP) is 3.61. The Balaban J connectivity index is 1.95. The Morgan fingerprint density at radius 3 is 2.70 bits per heavy atom. The second kappa shape index (κ2) is 7.43. The van der Waals surface area contributed by atoms with Crippen molar-refractivity contribution >= 4 is 12.2 Å². The molecule has 1 saturated heterocycles. The molecular formula is C22H21F3N2O3. The van der Waals surface area contributed by atoms with Crippen molar-refractivity contribution in [2.24, 2.45) is 0 Å². The number of nitrogens with one attached hydrogen (secondary N) is 1. The van der Waals surface area contributed by atoms with Gasteiger partial charge in [-0.3, -0.25) is 9.59 Å². The fraction of sp³-hybridized carbons (Fsp3) is 0.364. The highest BCUT2D eigenvalue weighted by molar-refractivity contribution is 6.01. The predicted molar refractivity (Wildman–Crippen MR) is 105 cm³/mol. The van der Waals surface area contributed by atoms with Crippen LogP contribution in [0.1, 0.15) is 37.4 Å². The lowest BCUT2D eigenvalue weighted by molar-refractivity contribution is -0.137. The second-order valence-corrected chi connectivity index (χ2v) is 7.62. The van der Waals surface area contributed by atoms with Crippen LogP contribution in [0.5, 0.6) is 5.75 Å². The number of fused-ring (bicyclic) bond motifs is 2. The lowest BCUT2D eigenvalue weighted by Crippen LogP contribution is -2.54. The summed E-state index contributed by atoms with van der Waals surface area (Å²) in [6, 6.07) is 4.97. The first-order valence-electron chi connectivity index (χ1n) is 9.68. The number of ether oxygens (including phenoxy) is 1. The number of carbonyl (C=O) groups is 2. The summed E-state index contributed by atoms with van der Waals surface area (Å²) in [4.78, 5) is 26.5. The molecule has 0 unspecified atom stereocenters. The van der Waals surface area contributed by atoms with Gasteiger partial charge in [0.1, 0.15) is 12.4 Å². The summed E-state index contributed by atoms with van der Waals surface area (Å²) in [7, 11) is 0. The molecule has 158 valence electrons. The first kappa shape index (κ1) is 20.4. The van der Waals surface area contributed by atoms with Crippen molar-refractivity contribution in [1.29, 1.82) is 0 Å². The third kappa shape index (κ3) is 3.25. The van der Waals surface area contributed by atoms with E-state index in [1.807, 2.05) is 0 Å². The van der Waals surface area contributed by atoms with Gasteiger partial charge in [0.25, 0.3) is 5.91 Å². The summed E-state index contributed by atoms with van der Waals surface area (Å²) in [5.74, 6) is 0.0929. The van der Waals surface area contributed by atoms with Crippen LogP contribution < -0.4 is 10.1 Å². The van der Waals surface area contributed by atoms with Crippen LogP contribution in [0, 0.1) is 13.8 Å². The van der Waals surface area contributed by atoms with Crippen LogP contribution in [0.2, 0.25) is 0 Å². The molecule has 2 aromatic carbocycles.